The van der Waals surface area contributed by atoms with Gasteiger partial charge in [0.25, 0.3) is 5.56 Å². The molecule has 2 aromatic rings. The number of aromatic carboxylic acids is 1. The molecule has 3 rings (SSSR count). The zero-order valence-corrected chi connectivity index (χ0v) is 13.7. The highest BCUT2D eigenvalue weighted by molar-refractivity contribution is 5.86. The lowest BCUT2D eigenvalue weighted by Gasteiger charge is -2.27. The van der Waals surface area contributed by atoms with Crippen LogP contribution in [0.3, 0.4) is 0 Å². The Bertz CT molecular complexity index is 910. The highest BCUT2D eigenvalue weighted by Gasteiger charge is 2.24. The normalized spacial score (nSPS) is 14.5. The van der Waals surface area contributed by atoms with Crippen molar-refractivity contribution in [3.8, 4) is 11.8 Å². The van der Waals surface area contributed by atoms with Crippen molar-refractivity contribution in [1.29, 1.82) is 0 Å². The molecule has 0 unspecified atom stereocenters. The van der Waals surface area contributed by atoms with Crippen LogP contribution >= 0.6 is 0 Å². The van der Waals surface area contributed by atoms with Crippen molar-refractivity contribution < 1.29 is 9.90 Å². The van der Waals surface area contributed by atoms with E-state index in [0.717, 1.165) is 30.5 Å². The molecule has 3 heterocycles. The molecule has 2 aromatic heterocycles. The van der Waals surface area contributed by atoms with Gasteiger partial charge < -0.3 is 10.0 Å². The molecule has 1 aliphatic heterocycles. The van der Waals surface area contributed by atoms with Gasteiger partial charge in [0.05, 0.1) is 6.54 Å². The fourth-order valence-corrected chi connectivity index (χ4v) is 2.98. The summed E-state index contributed by atoms with van der Waals surface area (Å²) in [6.45, 7) is 3.77. The van der Waals surface area contributed by atoms with Gasteiger partial charge in [-0.1, -0.05) is 5.92 Å². The Morgan fingerprint density at radius 2 is 1.96 bits per heavy atom. The van der Waals surface area contributed by atoms with E-state index in [-0.39, 0.29) is 11.5 Å². The van der Waals surface area contributed by atoms with Crippen LogP contribution in [0.4, 0.5) is 5.95 Å². The van der Waals surface area contributed by atoms with Crippen LogP contribution in [0.2, 0.25) is 0 Å². The van der Waals surface area contributed by atoms with Crippen molar-refractivity contribution in [3.05, 3.63) is 16.2 Å². The van der Waals surface area contributed by atoms with Gasteiger partial charge in [-0.3, -0.25) is 13.9 Å². The first-order chi connectivity index (χ1) is 11.5. The number of piperidine rings is 1. The molecule has 1 saturated heterocycles. The highest BCUT2D eigenvalue weighted by atomic mass is 16.4. The molecule has 0 aromatic carbocycles. The molecule has 1 fully saturated rings. The fraction of sp³-hybridized carbons (Fsp3) is 0.500. The number of anilines is 1. The molecule has 8 nitrogen and oxygen atoms in total. The number of carboxylic acid groups (broad SMARTS) is 1. The number of carboxylic acids is 1. The fourth-order valence-electron chi connectivity index (χ4n) is 2.98. The number of fused-ring (bicyclic) bond motifs is 1. The Hall–Kier alpha value is -2.82. The van der Waals surface area contributed by atoms with E-state index >= 15 is 0 Å². The molecular weight excluding hydrogens is 310 g/mol. The SMILES string of the molecule is CC#CCn1c(N2CCCCC2)nc2nc(C(=O)O)n(C)c(=O)c21. The van der Waals surface area contributed by atoms with Crippen LogP contribution in [0.1, 0.15) is 36.8 Å². The van der Waals surface area contributed by atoms with Crippen molar-refractivity contribution in [2.45, 2.75) is 32.7 Å². The Kier molecular flexibility index (Phi) is 4.25. The molecule has 0 bridgehead atoms. The van der Waals surface area contributed by atoms with E-state index in [1.165, 1.54) is 13.5 Å². The Morgan fingerprint density at radius 1 is 1.25 bits per heavy atom. The van der Waals surface area contributed by atoms with Crippen molar-refractivity contribution in [1.82, 2.24) is 19.1 Å². The summed E-state index contributed by atoms with van der Waals surface area (Å²) in [6, 6.07) is 0. The first-order valence-corrected chi connectivity index (χ1v) is 7.89. The van der Waals surface area contributed by atoms with Gasteiger partial charge in [-0.05, 0) is 26.2 Å². The third-order valence-electron chi connectivity index (χ3n) is 4.21. The molecule has 126 valence electrons. The maximum absolute atomic E-state index is 12.7. The molecular formula is C16H19N5O3. The summed E-state index contributed by atoms with van der Waals surface area (Å²) in [4.78, 5) is 34.6. The minimum Gasteiger partial charge on any atom is -0.475 e. The van der Waals surface area contributed by atoms with Gasteiger partial charge in [0.15, 0.2) is 11.2 Å². The van der Waals surface area contributed by atoms with E-state index in [0.29, 0.717) is 18.0 Å². The largest absolute Gasteiger partial charge is 0.475 e. The number of hydrogen-bond donors (Lipinski definition) is 1. The van der Waals surface area contributed by atoms with E-state index in [1.807, 2.05) is 0 Å². The first-order valence-electron chi connectivity index (χ1n) is 7.89. The van der Waals surface area contributed by atoms with E-state index < -0.39 is 11.5 Å². The molecule has 0 amide bonds. The van der Waals surface area contributed by atoms with Crippen molar-refractivity contribution in [3.63, 3.8) is 0 Å². The lowest BCUT2D eigenvalue weighted by atomic mass is 10.1. The monoisotopic (exact) mass is 329 g/mol. The average Bonchev–Trinajstić information content (AvgIpc) is 2.95. The first kappa shape index (κ1) is 16.1. The third kappa shape index (κ3) is 2.62. The number of aromatic nitrogens is 4. The number of imidazole rings is 1. The predicted octanol–water partition coefficient (Wildman–Crippen LogP) is 0.842. The second-order valence-electron chi connectivity index (χ2n) is 5.75. The Balaban J connectivity index is 2.26. The van der Waals surface area contributed by atoms with Gasteiger partial charge in [0, 0.05) is 20.1 Å². The van der Waals surface area contributed by atoms with Crippen LogP contribution in [0, 0.1) is 11.8 Å². The van der Waals surface area contributed by atoms with Crippen LogP contribution < -0.4 is 10.5 Å². The summed E-state index contributed by atoms with van der Waals surface area (Å²) >= 11 is 0. The summed E-state index contributed by atoms with van der Waals surface area (Å²) in [5.41, 5.74) is 0.0332. The minimum atomic E-state index is -1.25. The average molecular weight is 329 g/mol. The van der Waals surface area contributed by atoms with Gasteiger partial charge in [-0.25, -0.2) is 9.78 Å². The maximum atomic E-state index is 12.7. The summed E-state index contributed by atoms with van der Waals surface area (Å²) in [6.07, 6.45) is 3.30. The summed E-state index contributed by atoms with van der Waals surface area (Å²) in [7, 11) is 1.40. The molecule has 0 radical (unpaired) electrons. The van der Waals surface area contributed by atoms with Gasteiger partial charge >= 0.3 is 5.97 Å². The smallest absolute Gasteiger partial charge is 0.372 e. The van der Waals surface area contributed by atoms with Gasteiger partial charge in [0.1, 0.15) is 0 Å². The number of carbonyl (C=O) groups is 1. The maximum Gasteiger partial charge on any atom is 0.372 e. The minimum absolute atomic E-state index is 0.161. The number of rotatable bonds is 3. The third-order valence-corrected chi connectivity index (χ3v) is 4.21. The van der Waals surface area contributed by atoms with Crippen molar-refractivity contribution in [2.75, 3.05) is 18.0 Å². The lowest BCUT2D eigenvalue weighted by Crippen LogP contribution is -2.32. The summed E-state index contributed by atoms with van der Waals surface area (Å²) in [5.74, 6) is 4.86. The van der Waals surface area contributed by atoms with Crippen molar-refractivity contribution in [2.24, 2.45) is 7.05 Å². The van der Waals surface area contributed by atoms with Crippen molar-refractivity contribution >= 4 is 23.1 Å². The lowest BCUT2D eigenvalue weighted by molar-refractivity contribution is 0.0678. The van der Waals surface area contributed by atoms with E-state index in [9.17, 15) is 14.7 Å². The zero-order chi connectivity index (χ0) is 17.3. The van der Waals surface area contributed by atoms with Crippen LogP contribution in [0.5, 0.6) is 0 Å². The Labute approximate surface area is 138 Å². The van der Waals surface area contributed by atoms with Crippen LogP contribution in [-0.2, 0) is 13.6 Å². The highest BCUT2D eigenvalue weighted by Crippen LogP contribution is 2.22. The van der Waals surface area contributed by atoms with Crippen LogP contribution in [-0.4, -0.2) is 43.3 Å². The molecule has 0 spiro atoms. The van der Waals surface area contributed by atoms with Gasteiger partial charge in [0.2, 0.25) is 11.8 Å². The number of nitrogens with zero attached hydrogens (tertiary/aromatic N) is 5. The molecule has 1 N–H and O–H groups in total. The van der Waals surface area contributed by atoms with E-state index in [4.69, 9.17) is 0 Å². The van der Waals surface area contributed by atoms with Crippen LogP contribution in [0.25, 0.3) is 11.2 Å². The van der Waals surface area contributed by atoms with Crippen LogP contribution in [0.15, 0.2) is 4.79 Å². The Morgan fingerprint density at radius 3 is 2.58 bits per heavy atom. The number of hydrogen-bond acceptors (Lipinski definition) is 5. The topological polar surface area (TPSA) is 93.2 Å². The molecule has 0 saturated carbocycles. The zero-order valence-electron chi connectivity index (χ0n) is 13.7. The summed E-state index contributed by atoms with van der Waals surface area (Å²) in [5, 5.41) is 9.23. The standard InChI is InChI=1S/C16H19N5O3/c1-3-4-10-21-11-12(17-13(15(23)24)19(2)14(11)22)18-16(21)20-8-6-5-7-9-20/h5-10H2,1-2H3,(H,23,24). The molecule has 24 heavy (non-hydrogen) atoms. The van der Waals surface area contributed by atoms with E-state index in [2.05, 4.69) is 26.7 Å². The molecule has 1 aliphatic rings. The van der Waals surface area contributed by atoms with Gasteiger partial charge in [-0.2, -0.15) is 4.98 Å². The molecule has 0 aliphatic carbocycles. The summed E-state index contributed by atoms with van der Waals surface area (Å²) < 4.78 is 2.79. The van der Waals surface area contributed by atoms with E-state index in [1.54, 1.807) is 11.5 Å². The predicted molar refractivity (Wildman–Crippen MR) is 89.2 cm³/mol. The molecule has 8 heteroatoms. The second kappa shape index (κ2) is 6.35. The van der Waals surface area contributed by atoms with Gasteiger partial charge in [-0.15, -0.1) is 5.92 Å². The molecule has 0 atom stereocenters. The second-order valence-corrected chi connectivity index (χ2v) is 5.75. The quantitative estimate of drug-likeness (QED) is 0.839.